The van der Waals surface area contributed by atoms with E-state index in [2.05, 4.69) is 11.4 Å². The SMILES string of the molecule is O=C(O)CCC(Cc1ccccc1)NC(=O)CCCc1cccs1. The Hall–Kier alpha value is -2.14. The third-order valence-electron chi connectivity index (χ3n) is 3.80. The number of rotatable bonds is 10. The van der Waals surface area contributed by atoms with Gasteiger partial charge in [-0.3, -0.25) is 9.59 Å². The van der Waals surface area contributed by atoms with Crippen LogP contribution in [0.3, 0.4) is 0 Å². The molecule has 0 radical (unpaired) electrons. The Morgan fingerprint density at radius 3 is 2.54 bits per heavy atom. The van der Waals surface area contributed by atoms with Gasteiger partial charge in [-0.2, -0.15) is 0 Å². The van der Waals surface area contributed by atoms with Crippen LogP contribution < -0.4 is 5.32 Å². The normalized spacial score (nSPS) is 11.8. The maximum absolute atomic E-state index is 12.2. The van der Waals surface area contributed by atoms with Crippen molar-refractivity contribution in [1.82, 2.24) is 5.32 Å². The minimum atomic E-state index is -0.833. The number of aryl methyl sites for hydroxylation is 1. The first-order valence-electron chi connectivity index (χ1n) is 8.21. The monoisotopic (exact) mass is 345 g/mol. The van der Waals surface area contributed by atoms with E-state index in [-0.39, 0.29) is 18.4 Å². The number of amides is 1. The molecule has 2 aromatic rings. The van der Waals surface area contributed by atoms with Crippen molar-refractivity contribution >= 4 is 23.2 Å². The second-order valence-corrected chi connectivity index (χ2v) is 6.85. The molecule has 1 amide bonds. The molecule has 5 heteroatoms. The number of thiophene rings is 1. The van der Waals surface area contributed by atoms with Gasteiger partial charge in [-0.15, -0.1) is 11.3 Å². The zero-order chi connectivity index (χ0) is 17.2. The molecule has 0 aliphatic rings. The lowest BCUT2D eigenvalue weighted by atomic mass is 10.0. The molecule has 4 nitrogen and oxygen atoms in total. The van der Waals surface area contributed by atoms with Crippen LogP contribution in [0.1, 0.15) is 36.1 Å². The Morgan fingerprint density at radius 1 is 1.08 bits per heavy atom. The van der Waals surface area contributed by atoms with Gasteiger partial charge in [0.2, 0.25) is 5.91 Å². The Balaban J connectivity index is 1.81. The zero-order valence-corrected chi connectivity index (χ0v) is 14.4. The van der Waals surface area contributed by atoms with E-state index in [1.165, 1.54) is 4.88 Å². The molecule has 1 atom stereocenters. The second-order valence-electron chi connectivity index (χ2n) is 5.82. The molecule has 0 saturated heterocycles. The highest BCUT2D eigenvalue weighted by Gasteiger charge is 2.14. The zero-order valence-electron chi connectivity index (χ0n) is 13.6. The van der Waals surface area contributed by atoms with Crippen LogP contribution in [0.5, 0.6) is 0 Å². The van der Waals surface area contributed by atoms with Gasteiger partial charge < -0.3 is 10.4 Å². The summed E-state index contributed by atoms with van der Waals surface area (Å²) < 4.78 is 0. The van der Waals surface area contributed by atoms with Crippen LogP contribution in [0.2, 0.25) is 0 Å². The smallest absolute Gasteiger partial charge is 0.303 e. The highest BCUT2D eigenvalue weighted by atomic mass is 32.1. The molecule has 0 saturated carbocycles. The van der Waals surface area contributed by atoms with Crippen molar-refractivity contribution in [2.45, 2.75) is 44.6 Å². The van der Waals surface area contributed by atoms with Crippen molar-refractivity contribution in [3.63, 3.8) is 0 Å². The van der Waals surface area contributed by atoms with Crippen LogP contribution in [0.4, 0.5) is 0 Å². The summed E-state index contributed by atoms with van der Waals surface area (Å²) in [4.78, 5) is 24.3. The quantitative estimate of drug-likeness (QED) is 0.690. The topological polar surface area (TPSA) is 66.4 Å². The largest absolute Gasteiger partial charge is 0.481 e. The van der Waals surface area contributed by atoms with Gasteiger partial charge in [-0.05, 0) is 42.7 Å². The summed E-state index contributed by atoms with van der Waals surface area (Å²) in [5, 5.41) is 13.9. The number of carbonyl (C=O) groups excluding carboxylic acids is 1. The Morgan fingerprint density at radius 2 is 1.88 bits per heavy atom. The maximum atomic E-state index is 12.2. The van der Waals surface area contributed by atoms with Gasteiger partial charge in [0.15, 0.2) is 0 Å². The third-order valence-corrected chi connectivity index (χ3v) is 4.74. The van der Waals surface area contributed by atoms with Crippen LogP contribution in [0, 0.1) is 0 Å². The molecule has 1 heterocycles. The Kier molecular flexibility index (Phi) is 7.49. The lowest BCUT2D eigenvalue weighted by molar-refractivity contribution is -0.137. The number of hydrogen-bond donors (Lipinski definition) is 2. The lowest BCUT2D eigenvalue weighted by Gasteiger charge is -2.18. The fourth-order valence-corrected chi connectivity index (χ4v) is 3.35. The van der Waals surface area contributed by atoms with Gasteiger partial charge in [0.1, 0.15) is 0 Å². The molecular formula is C19H23NO3S. The van der Waals surface area contributed by atoms with E-state index >= 15 is 0 Å². The first-order valence-corrected chi connectivity index (χ1v) is 9.09. The molecule has 0 aliphatic carbocycles. The molecule has 2 N–H and O–H groups in total. The van der Waals surface area contributed by atoms with E-state index in [9.17, 15) is 9.59 Å². The summed E-state index contributed by atoms with van der Waals surface area (Å²) in [7, 11) is 0. The van der Waals surface area contributed by atoms with Crippen LogP contribution >= 0.6 is 11.3 Å². The van der Waals surface area contributed by atoms with Gasteiger partial charge in [-0.25, -0.2) is 0 Å². The molecule has 0 bridgehead atoms. The summed E-state index contributed by atoms with van der Waals surface area (Å²) in [6.07, 6.45) is 3.35. The van der Waals surface area contributed by atoms with Crippen LogP contribution in [-0.2, 0) is 22.4 Å². The van der Waals surface area contributed by atoms with Crippen LogP contribution in [0.25, 0.3) is 0 Å². The minimum absolute atomic E-state index is 0.00197. The standard InChI is InChI=1S/C19H23NO3S/c21-18(10-4-8-17-9-5-13-24-17)20-16(11-12-19(22)23)14-15-6-2-1-3-7-15/h1-3,5-7,9,13,16H,4,8,10-12,14H2,(H,20,21)(H,22,23). The average Bonchev–Trinajstić information content (AvgIpc) is 3.07. The number of carboxylic acids is 1. The van der Waals surface area contributed by atoms with Crippen LogP contribution in [0.15, 0.2) is 47.8 Å². The average molecular weight is 345 g/mol. The highest BCUT2D eigenvalue weighted by molar-refractivity contribution is 7.09. The summed E-state index contributed by atoms with van der Waals surface area (Å²) >= 11 is 1.70. The summed E-state index contributed by atoms with van der Waals surface area (Å²) in [5.41, 5.74) is 1.10. The van der Waals surface area contributed by atoms with Gasteiger partial charge >= 0.3 is 5.97 Å². The maximum Gasteiger partial charge on any atom is 0.303 e. The van der Waals surface area contributed by atoms with Gasteiger partial charge in [0, 0.05) is 23.8 Å². The molecule has 0 fully saturated rings. The van der Waals surface area contributed by atoms with E-state index in [1.807, 2.05) is 41.8 Å². The van der Waals surface area contributed by atoms with Gasteiger partial charge in [0.05, 0.1) is 0 Å². The number of aliphatic carboxylic acids is 1. The summed E-state index contributed by atoms with van der Waals surface area (Å²) in [5.74, 6) is -0.835. The number of carboxylic acid groups (broad SMARTS) is 1. The predicted octanol–water partition coefficient (Wildman–Crippen LogP) is 3.66. The van der Waals surface area contributed by atoms with E-state index in [0.29, 0.717) is 19.3 Å². The van der Waals surface area contributed by atoms with Crippen molar-refractivity contribution in [3.05, 3.63) is 58.3 Å². The molecule has 128 valence electrons. The number of benzene rings is 1. The number of nitrogens with one attached hydrogen (secondary N) is 1. The second kappa shape index (κ2) is 9.88. The van der Waals surface area contributed by atoms with Crippen molar-refractivity contribution in [1.29, 1.82) is 0 Å². The lowest BCUT2D eigenvalue weighted by Crippen LogP contribution is -2.36. The molecule has 1 unspecified atom stereocenters. The van der Waals surface area contributed by atoms with Crippen molar-refractivity contribution in [2.75, 3.05) is 0 Å². The molecule has 0 aliphatic heterocycles. The molecule has 24 heavy (non-hydrogen) atoms. The highest BCUT2D eigenvalue weighted by Crippen LogP contribution is 2.12. The number of carbonyl (C=O) groups is 2. The fourth-order valence-electron chi connectivity index (χ4n) is 2.60. The predicted molar refractivity (Wildman–Crippen MR) is 96.2 cm³/mol. The summed E-state index contributed by atoms with van der Waals surface area (Å²) in [6, 6.07) is 13.8. The van der Waals surface area contributed by atoms with E-state index in [0.717, 1.165) is 18.4 Å². The molecule has 0 spiro atoms. The van der Waals surface area contributed by atoms with Crippen molar-refractivity contribution in [3.8, 4) is 0 Å². The third kappa shape index (κ3) is 6.96. The van der Waals surface area contributed by atoms with E-state index in [4.69, 9.17) is 5.11 Å². The number of hydrogen-bond acceptors (Lipinski definition) is 3. The first kappa shape index (κ1) is 18.2. The van der Waals surface area contributed by atoms with Crippen molar-refractivity contribution in [2.24, 2.45) is 0 Å². The van der Waals surface area contributed by atoms with Gasteiger partial charge in [-0.1, -0.05) is 36.4 Å². The minimum Gasteiger partial charge on any atom is -0.481 e. The summed E-state index contributed by atoms with van der Waals surface area (Å²) in [6.45, 7) is 0. The van der Waals surface area contributed by atoms with Crippen LogP contribution in [-0.4, -0.2) is 23.0 Å². The Labute approximate surface area is 146 Å². The van der Waals surface area contributed by atoms with Crippen molar-refractivity contribution < 1.29 is 14.7 Å². The first-order chi connectivity index (χ1) is 11.6. The molecule has 1 aromatic heterocycles. The fraction of sp³-hybridized carbons (Fsp3) is 0.368. The van der Waals surface area contributed by atoms with E-state index in [1.54, 1.807) is 11.3 Å². The molecule has 2 rings (SSSR count). The van der Waals surface area contributed by atoms with Gasteiger partial charge in [0.25, 0.3) is 0 Å². The Bertz CT molecular complexity index is 625. The molecule has 1 aromatic carbocycles. The van der Waals surface area contributed by atoms with E-state index < -0.39 is 5.97 Å². The molecular weight excluding hydrogens is 322 g/mol.